The molecule has 0 bridgehead atoms. The maximum Gasteiger partial charge on any atom is 0.220 e. The first kappa shape index (κ1) is 86.4. The Kier molecular flexibility index (Phi) is 51.2. The van der Waals surface area contributed by atoms with E-state index in [1.165, 1.54) is 83.5 Å². The van der Waals surface area contributed by atoms with Crippen molar-refractivity contribution in [2.24, 2.45) is 0 Å². The Balaban J connectivity index is 1.32. The first-order valence-electron chi connectivity index (χ1n) is 36.8. The van der Waals surface area contributed by atoms with Gasteiger partial charge in [-0.15, -0.1) is 0 Å². The van der Waals surface area contributed by atoms with E-state index in [4.69, 9.17) is 28.4 Å². The molecule has 0 aromatic carbocycles. The summed E-state index contributed by atoms with van der Waals surface area (Å²) < 4.78 is 34.3. The second-order valence-electron chi connectivity index (χ2n) is 25.7. The molecule has 3 rings (SSSR count). The fourth-order valence-electron chi connectivity index (χ4n) is 11.6. The summed E-state index contributed by atoms with van der Waals surface area (Å²) in [6, 6.07) is -0.981. The van der Waals surface area contributed by atoms with E-state index in [-0.39, 0.29) is 18.9 Å². The highest BCUT2D eigenvalue weighted by Gasteiger charge is 2.53. The molecule has 0 aromatic heterocycles. The molecule has 12 N–H and O–H groups in total. The number of ether oxygens (including phenoxy) is 6. The molecule has 17 atom stereocenters. The summed E-state index contributed by atoms with van der Waals surface area (Å²) in [5.41, 5.74) is 0. The largest absolute Gasteiger partial charge is 0.394 e. The van der Waals surface area contributed by atoms with Crippen molar-refractivity contribution in [3.05, 3.63) is 122 Å². The maximum atomic E-state index is 13.4. The van der Waals surface area contributed by atoms with Crippen LogP contribution in [0.25, 0.3) is 0 Å². The minimum atomic E-state index is -1.98. The van der Waals surface area contributed by atoms with Crippen molar-refractivity contribution < 1.29 is 89.4 Å². The van der Waals surface area contributed by atoms with Gasteiger partial charge in [0.1, 0.15) is 73.2 Å². The highest BCUT2D eigenvalue weighted by molar-refractivity contribution is 5.76. The zero-order chi connectivity index (χ0) is 69.6. The molecule has 0 aromatic rings. The summed E-state index contributed by atoms with van der Waals surface area (Å²) in [7, 11) is 0. The summed E-state index contributed by atoms with van der Waals surface area (Å²) in [5.74, 6) is -0.285. The molecule has 550 valence electrons. The van der Waals surface area contributed by atoms with Crippen molar-refractivity contribution in [1.29, 1.82) is 0 Å². The van der Waals surface area contributed by atoms with E-state index in [2.05, 4.69) is 129 Å². The van der Waals surface area contributed by atoms with Crippen LogP contribution in [0.3, 0.4) is 0 Å². The smallest absolute Gasteiger partial charge is 0.220 e. The molecule has 3 aliphatic rings. The molecule has 19 nitrogen and oxygen atoms in total. The Morgan fingerprint density at radius 3 is 1.12 bits per heavy atom. The van der Waals surface area contributed by atoms with E-state index in [0.717, 1.165) is 116 Å². The van der Waals surface area contributed by atoms with Crippen molar-refractivity contribution in [2.75, 3.05) is 26.4 Å². The van der Waals surface area contributed by atoms with E-state index in [1.807, 2.05) is 6.08 Å². The van der Waals surface area contributed by atoms with Crippen LogP contribution in [0.5, 0.6) is 0 Å². The molecule has 3 aliphatic heterocycles. The Hall–Kier alpha value is -3.81. The third-order valence-electron chi connectivity index (χ3n) is 17.5. The number of aliphatic hydroxyl groups is 11. The molecule has 17 unspecified atom stereocenters. The van der Waals surface area contributed by atoms with Gasteiger partial charge < -0.3 is 89.9 Å². The molecular weight excluding hydrogens is 1230 g/mol. The van der Waals surface area contributed by atoms with Crippen LogP contribution in [-0.4, -0.2) is 193 Å². The molecule has 0 spiro atoms. The second kappa shape index (κ2) is 56.9. The molecule has 96 heavy (non-hydrogen) atoms. The third kappa shape index (κ3) is 37.6. The van der Waals surface area contributed by atoms with Crippen LogP contribution in [0.4, 0.5) is 0 Å². The fraction of sp³-hybridized carbons (Fsp3) is 0.727. The van der Waals surface area contributed by atoms with Crippen molar-refractivity contribution in [3.8, 4) is 0 Å². The van der Waals surface area contributed by atoms with E-state index >= 15 is 0 Å². The molecule has 3 heterocycles. The Labute approximate surface area is 576 Å². The quantitative estimate of drug-likeness (QED) is 0.0199. The molecule has 1 amide bonds. The SMILES string of the molecule is CC/C=C\C/C=C\C/C=C\C/C=C\C/C=C\C/C=C\C/C=C\C/C=C\C/C=C\CCCCCCCCCCCCCC(=O)NC(COC1OC(CO)C(OC2OC(CO)C(OC3OC(CO)C(O)C(O)C3O)C(O)C2O)C(O)C1O)C(O)/C=C/CCCCCCCCCCCC. The van der Waals surface area contributed by atoms with Crippen molar-refractivity contribution in [3.63, 3.8) is 0 Å². The predicted octanol–water partition coefficient (Wildman–Crippen LogP) is 10.8. The van der Waals surface area contributed by atoms with Gasteiger partial charge >= 0.3 is 0 Å². The first-order valence-corrected chi connectivity index (χ1v) is 36.8. The number of amides is 1. The summed E-state index contributed by atoms with van der Waals surface area (Å²) in [4.78, 5) is 13.4. The summed E-state index contributed by atoms with van der Waals surface area (Å²) in [5, 5.41) is 120. The van der Waals surface area contributed by atoms with E-state index < -0.39 is 124 Å². The molecule has 19 heteroatoms. The number of nitrogens with one attached hydrogen (secondary N) is 1. The maximum absolute atomic E-state index is 13.4. The minimum Gasteiger partial charge on any atom is -0.394 e. The molecule has 0 aliphatic carbocycles. The average Bonchev–Trinajstić information content (AvgIpc) is 0.787. The van der Waals surface area contributed by atoms with Gasteiger partial charge in [0, 0.05) is 6.42 Å². The Morgan fingerprint density at radius 2 is 0.719 bits per heavy atom. The number of rotatable bonds is 55. The second-order valence-corrected chi connectivity index (χ2v) is 25.7. The number of hydrogen-bond acceptors (Lipinski definition) is 18. The standard InChI is InChI=1S/C77H129NO18/c1-3-5-7-9-11-13-15-17-18-19-20-21-22-23-24-25-26-27-28-29-30-31-32-33-34-35-36-37-38-39-40-41-42-43-45-47-49-51-53-55-65(83)78-60(61(82)54-52-50-48-46-44-16-14-12-10-8-6-4-2)59-91-75-71(89)68(86)73(63(57-80)93-75)96-77-72(90)69(87)74(64(58-81)94-77)95-76-70(88)67(85)66(84)62(56-79)92-76/h5,7,11,13,17-18,20-21,23-24,26-27,29-30,32-33,35-36,52,54,60-64,66-77,79-82,84-90H,3-4,6,8-10,12,14-16,19,22,25,28,31,34,37-51,53,55-59H2,1-2H3,(H,78,83)/b7-5-,13-11-,18-17-,21-20-,24-23-,27-26-,30-29-,33-32-,36-35-,54-52+. The lowest BCUT2D eigenvalue weighted by Gasteiger charge is -2.48. The van der Waals surface area contributed by atoms with Gasteiger partial charge in [0.15, 0.2) is 18.9 Å². The highest BCUT2D eigenvalue weighted by Crippen LogP contribution is 2.33. The molecule has 3 saturated heterocycles. The zero-order valence-electron chi connectivity index (χ0n) is 58.3. The van der Waals surface area contributed by atoms with Gasteiger partial charge in [0.05, 0.1) is 38.6 Å². The lowest BCUT2D eigenvalue weighted by Crippen LogP contribution is -2.66. The van der Waals surface area contributed by atoms with Crippen LogP contribution in [0.15, 0.2) is 122 Å². The van der Waals surface area contributed by atoms with Gasteiger partial charge in [-0.05, 0) is 89.9 Å². The topological polar surface area (TPSA) is 307 Å². The van der Waals surface area contributed by atoms with Crippen LogP contribution in [0, 0.1) is 0 Å². The number of carbonyl (C=O) groups excluding carboxylic acids is 1. The van der Waals surface area contributed by atoms with Crippen molar-refractivity contribution in [1.82, 2.24) is 5.32 Å². The number of carbonyl (C=O) groups is 1. The van der Waals surface area contributed by atoms with E-state index in [1.54, 1.807) is 6.08 Å². The molecule has 0 saturated carbocycles. The Morgan fingerprint density at radius 1 is 0.385 bits per heavy atom. The van der Waals surface area contributed by atoms with Crippen LogP contribution in [-0.2, 0) is 33.2 Å². The number of hydrogen-bond donors (Lipinski definition) is 12. The normalized spacial score (nSPS) is 27.8. The average molecular weight is 1360 g/mol. The van der Waals surface area contributed by atoms with Gasteiger partial charge in [-0.1, -0.05) is 251 Å². The predicted molar refractivity (Wildman–Crippen MR) is 378 cm³/mol. The van der Waals surface area contributed by atoms with Crippen LogP contribution >= 0.6 is 0 Å². The number of aliphatic hydroxyl groups excluding tert-OH is 11. The Bertz CT molecular complexity index is 2210. The van der Waals surface area contributed by atoms with Crippen LogP contribution < -0.4 is 5.32 Å². The number of allylic oxidation sites excluding steroid dienone is 19. The van der Waals surface area contributed by atoms with Crippen molar-refractivity contribution >= 4 is 5.91 Å². The highest BCUT2D eigenvalue weighted by atomic mass is 16.8. The van der Waals surface area contributed by atoms with Gasteiger partial charge in [0.2, 0.25) is 5.91 Å². The first-order chi connectivity index (χ1) is 46.8. The summed E-state index contributed by atoms with van der Waals surface area (Å²) in [6.07, 6.45) is 51.9. The molecule has 3 fully saturated rings. The van der Waals surface area contributed by atoms with Gasteiger partial charge in [-0.25, -0.2) is 0 Å². The monoisotopic (exact) mass is 1360 g/mol. The summed E-state index contributed by atoms with van der Waals surface area (Å²) in [6.45, 7) is 1.58. The minimum absolute atomic E-state index is 0.232. The van der Waals surface area contributed by atoms with E-state index in [0.29, 0.717) is 6.42 Å². The molecular formula is C77H129NO18. The van der Waals surface area contributed by atoms with E-state index in [9.17, 15) is 61.0 Å². The third-order valence-corrected chi connectivity index (χ3v) is 17.5. The lowest BCUT2D eigenvalue weighted by molar-refractivity contribution is -0.379. The molecule has 0 radical (unpaired) electrons. The lowest BCUT2D eigenvalue weighted by atomic mass is 9.96. The fourth-order valence-corrected chi connectivity index (χ4v) is 11.6. The van der Waals surface area contributed by atoms with Gasteiger partial charge in [0.25, 0.3) is 0 Å². The summed E-state index contributed by atoms with van der Waals surface area (Å²) >= 11 is 0. The number of unbranched alkanes of at least 4 members (excludes halogenated alkanes) is 21. The van der Waals surface area contributed by atoms with Crippen LogP contribution in [0.2, 0.25) is 0 Å². The van der Waals surface area contributed by atoms with Gasteiger partial charge in [-0.2, -0.15) is 0 Å². The zero-order valence-corrected chi connectivity index (χ0v) is 58.3. The van der Waals surface area contributed by atoms with Gasteiger partial charge in [-0.3, -0.25) is 4.79 Å². The van der Waals surface area contributed by atoms with Crippen molar-refractivity contribution in [2.45, 2.75) is 330 Å². The van der Waals surface area contributed by atoms with Crippen LogP contribution in [0.1, 0.15) is 226 Å².